The molecule has 3 nitrogen and oxygen atoms in total. The van der Waals surface area contributed by atoms with Crippen LogP contribution in [0.5, 0.6) is 0 Å². The molecule has 1 atom stereocenters. The van der Waals surface area contributed by atoms with Crippen molar-refractivity contribution < 1.29 is 13.9 Å². The molecule has 84 valence electrons. The number of aliphatic hydroxyl groups is 1. The first-order valence-corrected chi connectivity index (χ1v) is 4.70. The second-order valence-electron chi connectivity index (χ2n) is 3.46. The highest BCUT2D eigenvalue weighted by Crippen LogP contribution is 2.22. The minimum Gasteiger partial charge on any atom is -0.382 e. The summed E-state index contributed by atoms with van der Waals surface area (Å²) < 4.78 is 27.2. The van der Waals surface area contributed by atoms with Crippen molar-refractivity contribution in [2.45, 2.75) is 6.10 Å². The topological polar surface area (TPSA) is 38.0 Å². The lowest BCUT2D eigenvalue weighted by Crippen LogP contribution is -2.07. The van der Waals surface area contributed by atoms with E-state index in [4.69, 9.17) is 0 Å². The summed E-state index contributed by atoms with van der Waals surface area (Å²) in [4.78, 5) is 0. The van der Waals surface area contributed by atoms with Crippen LogP contribution in [0.15, 0.2) is 30.5 Å². The maximum atomic E-state index is 13.0. The second kappa shape index (κ2) is 4.02. The molecular formula is C11H10F2N2O. The predicted molar refractivity (Wildman–Crippen MR) is 53.6 cm³/mol. The van der Waals surface area contributed by atoms with Crippen LogP contribution in [-0.4, -0.2) is 14.9 Å². The Morgan fingerprint density at radius 1 is 1.25 bits per heavy atom. The van der Waals surface area contributed by atoms with E-state index in [2.05, 4.69) is 5.10 Å². The van der Waals surface area contributed by atoms with Crippen LogP contribution in [0.25, 0.3) is 0 Å². The van der Waals surface area contributed by atoms with Crippen molar-refractivity contribution in [1.29, 1.82) is 0 Å². The van der Waals surface area contributed by atoms with Gasteiger partial charge >= 0.3 is 0 Å². The van der Waals surface area contributed by atoms with Gasteiger partial charge in [0.2, 0.25) is 0 Å². The number of nitrogens with zero attached hydrogens (tertiary/aromatic N) is 2. The summed E-state index contributed by atoms with van der Waals surface area (Å²) in [6, 6.07) is 4.93. The molecule has 2 rings (SSSR count). The Labute approximate surface area is 91.0 Å². The molecule has 0 aliphatic rings. The van der Waals surface area contributed by atoms with Gasteiger partial charge in [-0.3, -0.25) is 4.68 Å². The summed E-state index contributed by atoms with van der Waals surface area (Å²) >= 11 is 0. The number of benzene rings is 1. The van der Waals surface area contributed by atoms with Gasteiger partial charge in [0.1, 0.15) is 6.10 Å². The average Bonchev–Trinajstić information content (AvgIpc) is 2.67. The Morgan fingerprint density at radius 2 is 2.00 bits per heavy atom. The van der Waals surface area contributed by atoms with Gasteiger partial charge in [-0.1, -0.05) is 6.07 Å². The zero-order valence-corrected chi connectivity index (χ0v) is 8.56. The first-order valence-electron chi connectivity index (χ1n) is 4.70. The number of aryl methyl sites for hydroxylation is 1. The van der Waals surface area contributed by atoms with E-state index in [9.17, 15) is 13.9 Å². The minimum absolute atomic E-state index is 0.294. The standard InChI is InChI=1S/C11H10F2N2O/c1-15-10(4-5-14-15)11(16)7-2-3-8(12)9(13)6-7/h2-6,11,16H,1H3. The summed E-state index contributed by atoms with van der Waals surface area (Å²) in [5, 5.41) is 13.8. The maximum absolute atomic E-state index is 13.0. The number of aromatic nitrogens is 2. The van der Waals surface area contributed by atoms with Crippen molar-refractivity contribution in [1.82, 2.24) is 9.78 Å². The molecule has 5 heteroatoms. The normalized spacial score (nSPS) is 12.8. The van der Waals surface area contributed by atoms with Gasteiger partial charge in [0.25, 0.3) is 0 Å². The van der Waals surface area contributed by atoms with E-state index in [-0.39, 0.29) is 0 Å². The van der Waals surface area contributed by atoms with E-state index < -0.39 is 17.7 Å². The first kappa shape index (κ1) is 10.8. The number of aliphatic hydroxyl groups excluding tert-OH is 1. The SMILES string of the molecule is Cn1nccc1C(O)c1ccc(F)c(F)c1. The molecule has 0 radical (unpaired) electrons. The van der Waals surface area contributed by atoms with Crippen LogP contribution in [0.2, 0.25) is 0 Å². The molecule has 0 fully saturated rings. The Bertz CT molecular complexity index is 510. The van der Waals surface area contributed by atoms with E-state index in [1.807, 2.05) is 0 Å². The number of halogens is 2. The van der Waals surface area contributed by atoms with Gasteiger partial charge < -0.3 is 5.11 Å². The van der Waals surface area contributed by atoms with E-state index >= 15 is 0 Å². The lowest BCUT2D eigenvalue weighted by Gasteiger charge is -2.11. The van der Waals surface area contributed by atoms with Gasteiger partial charge in [-0.15, -0.1) is 0 Å². The molecule has 0 saturated heterocycles. The molecular weight excluding hydrogens is 214 g/mol. The number of hydrogen-bond donors (Lipinski definition) is 1. The third-order valence-corrected chi connectivity index (χ3v) is 2.40. The highest BCUT2D eigenvalue weighted by molar-refractivity contribution is 5.26. The van der Waals surface area contributed by atoms with Crippen molar-refractivity contribution in [3.8, 4) is 0 Å². The molecule has 0 saturated carbocycles. The van der Waals surface area contributed by atoms with Crippen molar-refractivity contribution in [2.75, 3.05) is 0 Å². The molecule has 16 heavy (non-hydrogen) atoms. The van der Waals surface area contributed by atoms with Crippen molar-refractivity contribution in [3.05, 3.63) is 53.4 Å². The largest absolute Gasteiger partial charge is 0.382 e. The Kier molecular flexibility index (Phi) is 2.70. The Hall–Kier alpha value is -1.75. The molecule has 0 aliphatic carbocycles. The zero-order valence-electron chi connectivity index (χ0n) is 8.56. The van der Waals surface area contributed by atoms with Crippen LogP contribution in [0.3, 0.4) is 0 Å². The third-order valence-electron chi connectivity index (χ3n) is 2.40. The fourth-order valence-corrected chi connectivity index (χ4v) is 1.51. The molecule has 2 aromatic rings. The molecule has 0 bridgehead atoms. The Balaban J connectivity index is 2.38. The lowest BCUT2D eigenvalue weighted by molar-refractivity contribution is 0.209. The molecule has 0 aliphatic heterocycles. The summed E-state index contributed by atoms with van der Waals surface area (Å²) in [6.45, 7) is 0. The summed E-state index contributed by atoms with van der Waals surface area (Å²) in [5.41, 5.74) is 0.813. The average molecular weight is 224 g/mol. The quantitative estimate of drug-likeness (QED) is 0.844. The zero-order chi connectivity index (χ0) is 11.7. The third kappa shape index (κ3) is 1.81. The monoisotopic (exact) mass is 224 g/mol. The van der Waals surface area contributed by atoms with E-state index in [1.165, 1.54) is 16.9 Å². The van der Waals surface area contributed by atoms with Gasteiger partial charge in [-0.2, -0.15) is 5.10 Å². The second-order valence-corrected chi connectivity index (χ2v) is 3.46. The molecule has 1 aromatic carbocycles. The molecule has 1 N–H and O–H groups in total. The maximum Gasteiger partial charge on any atom is 0.159 e. The highest BCUT2D eigenvalue weighted by Gasteiger charge is 2.15. The van der Waals surface area contributed by atoms with Crippen molar-refractivity contribution in [3.63, 3.8) is 0 Å². The Morgan fingerprint density at radius 3 is 2.56 bits per heavy atom. The fraction of sp³-hybridized carbons (Fsp3) is 0.182. The van der Waals surface area contributed by atoms with Crippen LogP contribution >= 0.6 is 0 Å². The van der Waals surface area contributed by atoms with Crippen LogP contribution < -0.4 is 0 Å². The number of hydrogen-bond acceptors (Lipinski definition) is 2. The van der Waals surface area contributed by atoms with E-state index in [1.54, 1.807) is 13.1 Å². The van der Waals surface area contributed by atoms with Gasteiger partial charge in [0.05, 0.1) is 5.69 Å². The van der Waals surface area contributed by atoms with Gasteiger partial charge in [-0.05, 0) is 23.8 Å². The van der Waals surface area contributed by atoms with E-state index in [0.717, 1.165) is 12.1 Å². The smallest absolute Gasteiger partial charge is 0.159 e. The van der Waals surface area contributed by atoms with Gasteiger partial charge in [0, 0.05) is 13.2 Å². The van der Waals surface area contributed by atoms with Crippen LogP contribution in [0.4, 0.5) is 8.78 Å². The highest BCUT2D eigenvalue weighted by atomic mass is 19.2. The molecule has 1 heterocycles. The molecule has 1 unspecified atom stereocenters. The summed E-state index contributed by atoms with van der Waals surface area (Å²) in [5.74, 6) is -1.90. The minimum atomic E-state index is -1.01. The van der Waals surface area contributed by atoms with Crippen LogP contribution in [0.1, 0.15) is 17.4 Å². The van der Waals surface area contributed by atoms with Crippen LogP contribution in [0, 0.1) is 11.6 Å². The van der Waals surface area contributed by atoms with Crippen molar-refractivity contribution >= 4 is 0 Å². The molecule has 0 spiro atoms. The molecule has 0 amide bonds. The van der Waals surface area contributed by atoms with Crippen LogP contribution in [-0.2, 0) is 7.05 Å². The number of rotatable bonds is 2. The fourth-order valence-electron chi connectivity index (χ4n) is 1.51. The van der Waals surface area contributed by atoms with Crippen molar-refractivity contribution in [2.24, 2.45) is 7.05 Å². The van der Waals surface area contributed by atoms with Gasteiger partial charge in [0.15, 0.2) is 11.6 Å². The lowest BCUT2D eigenvalue weighted by atomic mass is 10.1. The van der Waals surface area contributed by atoms with Gasteiger partial charge in [-0.25, -0.2) is 8.78 Å². The molecule has 1 aromatic heterocycles. The summed E-state index contributed by atoms with van der Waals surface area (Å²) in [6.07, 6.45) is 0.515. The first-order chi connectivity index (χ1) is 7.59. The predicted octanol–water partition coefficient (Wildman–Crippen LogP) is 1.78. The summed E-state index contributed by atoms with van der Waals surface area (Å²) in [7, 11) is 1.67. The van der Waals surface area contributed by atoms with E-state index in [0.29, 0.717) is 11.3 Å².